The standard InChI is InChI=1S/C16H22N4O3/c1-19-13(11(10-17)14(21)20(2)15(19)22)18-12-4-3-5-16(12)6-8-23-9-7-16/h12,18H,3-9H2,1-2H3/t12-/m0/s1. The van der Waals surface area contributed by atoms with Crippen molar-refractivity contribution in [3.63, 3.8) is 0 Å². The second kappa shape index (κ2) is 5.85. The average molecular weight is 318 g/mol. The molecular weight excluding hydrogens is 296 g/mol. The van der Waals surface area contributed by atoms with Gasteiger partial charge in [0.2, 0.25) is 0 Å². The summed E-state index contributed by atoms with van der Waals surface area (Å²) >= 11 is 0. The first kappa shape index (κ1) is 15.8. The van der Waals surface area contributed by atoms with Crippen LogP contribution in [0, 0.1) is 16.7 Å². The van der Waals surface area contributed by atoms with Crippen molar-refractivity contribution in [2.45, 2.75) is 38.1 Å². The molecule has 0 unspecified atom stereocenters. The SMILES string of the molecule is Cn1c(N[C@H]2CCCC23CCOCC3)c(C#N)c(=O)n(C)c1=O. The number of hydrogen-bond acceptors (Lipinski definition) is 5. The van der Waals surface area contributed by atoms with Gasteiger partial charge in [-0.05, 0) is 31.1 Å². The van der Waals surface area contributed by atoms with Crippen molar-refractivity contribution in [2.24, 2.45) is 19.5 Å². The molecular formula is C16H22N4O3. The average Bonchev–Trinajstić information content (AvgIpc) is 2.93. The summed E-state index contributed by atoms with van der Waals surface area (Å²) in [7, 11) is 2.99. The van der Waals surface area contributed by atoms with E-state index in [1.807, 2.05) is 6.07 Å². The molecule has 1 aromatic rings. The van der Waals surface area contributed by atoms with Gasteiger partial charge in [-0.1, -0.05) is 6.42 Å². The van der Waals surface area contributed by atoms with Crippen LogP contribution in [0.1, 0.15) is 37.7 Å². The van der Waals surface area contributed by atoms with E-state index in [0.29, 0.717) is 5.82 Å². The molecule has 1 aromatic heterocycles. The number of nitrogens with zero attached hydrogens (tertiary/aromatic N) is 3. The number of anilines is 1. The first-order chi connectivity index (χ1) is 11.0. The molecule has 1 aliphatic heterocycles. The van der Waals surface area contributed by atoms with Crippen molar-refractivity contribution >= 4 is 5.82 Å². The van der Waals surface area contributed by atoms with Gasteiger partial charge >= 0.3 is 5.69 Å². The van der Waals surface area contributed by atoms with E-state index >= 15 is 0 Å². The fraction of sp³-hybridized carbons (Fsp3) is 0.688. The number of rotatable bonds is 2. The van der Waals surface area contributed by atoms with Crippen LogP contribution in [-0.2, 0) is 18.8 Å². The van der Waals surface area contributed by atoms with E-state index in [-0.39, 0.29) is 17.0 Å². The first-order valence-electron chi connectivity index (χ1n) is 8.04. The first-order valence-corrected chi connectivity index (χ1v) is 8.04. The second-order valence-corrected chi connectivity index (χ2v) is 6.61. The van der Waals surface area contributed by atoms with Crippen molar-refractivity contribution in [1.82, 2.24) is 9.13 Å². The molecule has 1 saturated heterocycles. The van der Waals surface area contributed by atoms with Gasteiger partial charge in [0.15, 0.2) is 5.56 Å². The van der Waals surface area contributed by atoms with E-state index in [2.05, 4.69) is 5.32 Å². The van der Waals surface area contributed by atoms with E-state index in [1.165, 1.54) is 11.6 Å². The second-order valence-electron chi connectivity index (χ2n) is 6.61. The zero-order valence-electron chi connectivity index (χ0n) is 13.6. The topological polar surface area (TPSA) is 89.1 Å². The maximum Gasteiger partial charge on any atom is 0.332 e. The summed E-state index contributed by atoms with van der Waals surface area (Å²) in [4.78, 5) is 24.4. The van der Waals surface area contributed by atoms with Crippen LogP contribution < -0.4 is 16.6 Å². The quantitative estimate of drug-likeness (QED) is 0.868. The van der Waals surface area contributed by atoms with Crippen LogP contribution in [0.3, 0.4) is 0 Å². The molecule has 1 atom stereocenters. The smallest absolute Gasteiger partial charge is 0.332 e. The van der Waals surface area contributed by atoms with Gasteiger partial charge in [-0.3, -0.25) is 13.9 Å². The number of ether oxygens (including phenoxy) is 1. The van der Waals surface area contributed by atoms with Crippen LogP contribution >= 0.6 is 0 Å². The minimum atomic E-state index is -0.544. The van der Waals surface area contributed by atoms with Crippen LogP contribution in [-0.4, -0.2) is 28.4 Å². The number of nitriles is 1. The Morgan fingerprint density at radius 2 is 1.91 bits per heavy atom. The Kier molecular flexibility index (Phi) is 4.02. The van der Waals surface area contributed by atoms with Crippen molar-refractivity contribution in [3.05, 3.63) is 26.4 Å². The molecule has 124 valence electrons. The third-order valence-electron chi connectivity index (χ3n) is 5.48. The van der Waals surface area contributed by atoms with Crippen molar-refractivity contribution < 1.29 is 4.74 Å². The largest absolute Gasteiger partial charge is 0.381 e. The molecule has 2 fully saturated rings. The van der Waals surface area contributed by atoms with Gasteiger partial charge in [0.25, 0.3) is 5.56 Å². The summed E-state index contributed by atoms with van der Waals surface area (Å²) in [5.41, 5.74) is -0.821. The molecule has 0 aromatic carbocycles. The molecule has 1 N–H and O–H groups in total. The lowest BCUT2D eigenvalue weighted by molar-refractivity contribution is 0.0133. The van der Waals surface area contributed by atoms with E-state index in [9.17, 15) is 14.9 Å². The highest BCUT2D eigenvalue weighted by molar-refractivity contribution is 5.52. The highest BCUT2D eigenvalue weighted by Crippen LogP contribution is 2.47. The predicted molar refractivity (Wildman–Crippen MR) is 85.4 cm³/mol. The van der Waals surface area contributed by atoms with Crippen molar-refractivity contribution in [3.8, 4) is 6.07 Å². The summed E-state index contributed by atoms with van der Waals surface area (Å²) in [6.45, 7) is 1.50. The lowest BCUT2D eigenvalue weighted by Crippen LogP contribution is -2.44. The monoisotopic (exact) mass is 318 g/mol. The Hall–Kier alpha value is -2.07. The Morgan fingerprint density at radius 3 is 2.57 bits per heavy atom. The van der Waals surface area contributed by atoms with Crippen molar-refractivity contribution in [1.29, 1.82) is 5.26 Å². The zero-order chi connectivity index (χ0) is 16.6. The van der Waals surface area contributed by atoms with Crippen LogP contribution in [0.25, 0.3) is 0 Å². The van der Waals surface area contributed by atoms with Gasteiger partial charge < -0.3 is 10.1 Å². The molecule has 2 aliphatic rings. The van der Waals surface area contributed by atoms with Crippen molar-refractivity contribution in [2.75, 3.05) is 18.5 Å². The highest BCUT2D eigenvalue weighted by atomic mass is 16.5. The van der Waals surface area contributed by atoms with Gasteiger partial charge in [0.1, 0.15) is 11.9 Å². The number of hydrogen-bond donors (Lipinski definition) is 1. The van der Waals surface area contributed by atoms with Crippen LogP contribution in [0.4, 0.5) is 5.82 Å². The highest BCUT2D eigenvalue weighted by Gasteiger charge is 2.44. The van der Waals surface area contributed by atoms with Crippen LogP contribution in [0.15, 0.2) is 9.59 Å². The molecule has 7 nitrogen and oxygen atoms in total. The van der Waals surface area contributed by atoms with Gasteiger partial charge in [-0.25, -0.2) is 4.79 Å². The van der Waals surface area contributed by atoms with Gasteiger partial charge in [0.05, 0.1) is 0 Å². The third-order valence-corrected chi connectivity index (χ3v) is 5.48. The molecule has 3 rings (SSSR count). The van der Waals surface area contributed by atoms with Crippen LogP contribution in [0.2, 0.25) is 0 Å². The molecule has 1 spiro atoms. The summed E-state index contributed by atoms with van der Waals surface area (Å²) in [5, 5.41) is 12.7. The minimum absolute atomic E-state index is 0.00343. The molecule has 1 saturated carbocycles. The number of aromatic nitrogens is 2. The van der Waals surface area contributed by atoms with E-state index in [1.54, 1.807) is 7.05 Å². The summed E-state index contributed by atoms with van der Waals surface area (Å²) in [5.74, 6) is 0.346. The van der Waals surface area contributed by atoms with E-state index in [4.69, 9.17) is 4.74 Å². The van der Waals surface area contributed by atoms with Crippen LogP contribution in [0.5, 0.6) is 0 Å². The fourth-order valence-electron chi connectivity index (χ4n) is 4.02. The molecule has 1 aliphatic carbocycles. The summed E-state index contributed by atoms with van der Waals surface area (Å²) in [6, 6.07) is 2.12. The Balaban J connectivity index is 2.02. The third kappa shape index (κ3) is 2.47. The number of nitrogens with one attached hydrogen (secondary N) is 1. The molecule has 0 bridgehead atoms. The minimum Gasteiger partial charge on any atom is -0.381 e. The molecule has 2 heterocycles. The lowest BCUT2D eigenvalue weighted by Gasteiger charge is -2.39. The Morgan fingerprint density at radius 1 is 1.22 bits per heavy atom. The molecule has 0 radical (unpaired) electrons. The Labute approximate surface area is 134 Å². The normalized spacial score (nSPS) is 22.9. The van der Waals surface area contributed by atoms with E-state index < -0.39 is 11.2 Å². The maximum atomic E-state index is 12.2. The van der Waals surface area contributed by atoms with Gasteiger partial charge in [-0.15, -0.1) is 0 Å². The predicted octanol–water partition coefficient (Wildman–Crippen LogP) is 0.717. The lowest BCUT2D eigenvalue weighted by atomic mass is 9.75. The summed E-state index contributed by atoms with van der Waals surface area (Å²) in [6.07, 6.45) is 5.16. The molecule has 23 heavy (non-hydrogen) atoms. The Bertz CT molecular complexity index is 765. The fourth-order valence-corrected chi connectivity index (χ4v) is 4.02. The summed E-state index contributed by atoms with van der Waals surface area (Å²) < 4.78 is 7.83. The maximum absolute atomic E-state index is 12.2. The van der Waals surface area contributed by atoms with Gasteiger partial charge in [-0.2, -0.15) is 5.26 Å². The van der Waals surface area contributed by atoms with Gasteiger partial charge in [0, 0.05) is 33.4 Å². The molecule has 0 amide bonds. The van der Waals surface area contributed by atoms with E-state index in [0.717, 1.165) is 49.9 Å². The zero-order valence-corrected chi connectivity index (χ0v) is 13.6. The molecule has 7 heteroatoms.